The van der Waals surface area contributed by atoms with Crippen LogP contribution in [0.4, 0.5) is 0 Å². The average Bonchev–Trinajstić information content (AvgIpc) is 2.94. The van der Waals surface area contributed by atoms with E-state index in [2.05, 4.69) is 15.8 Å². The zero-order valence-corrected chi connectivity index (χ0v) is 11.3. The molecule has 2 heterocycles. The topological polar surface area (TPSA) is 96.7 Å². The van der Waals surface area contributed by atoms with Gasteiger partial charge in [0.05, 0.1) is 6.54 Å². The summed E-state index contributed by atoms with van der Waals surface area (Å²) in [4.78, 5) is 25.4. The van der Waals surface area contributed by atoms with Crippen LogP contribution in [0.25, 0.3) is 0 Å². The first-order valence-electron chi connectivity index (χ1n) is 6.42. The number of piperazine rings is 1. The minimum atomic E-state index is -0.431. The first kappa shape index (κ1) is 14.5. The Morgan fingerprint density at radius 2 is 2.25 bits per heavy atom. The number of nitrogens with one attached hydrogen (secondary N) is 2. The van der Waals surface area contributed by atoms with E-state index < -0.39 is 5.91 Å². The van der Waals surface area contributed by atoms with Crippen molar-refractivity contribution in [3.8, 4) is 0 Å². The SMILES string of the molecule is COCc1cc(C(=O)NCC(=O)N2CCNCC2)no1. The molecule has 0 bridgehead atoms. The second-order valence-corrected chi connectivity index (χ2v) is 4.42. The number of hydrogen-bond acceptors (Lipinski definition) is 6. The van der Waals surface area contributed by atoms with Gasteiger partial charge < -0.3 is 24.8 Å². The molecule has 0 saturated carbocycles. The van der Waals surface area contributed by atoms with E-state index in [9.17, 15) is 9.59 Å². The van der Waals surface area contributed by atoms with E-state index in [0.29, 0.717) is 18.8 Å². The smallest absolute Gasteiger partial charge is 0.273 e. The third kappa shape index (κ3) is 3.78. The number of methoxy groups -OCH3 is 1. The first-order chi connectivity index (χ1) is 9.70. The number of aromatic nitrogens is 1. The third-order valence-corrected chi connectivity index (χ3v) is 2.95. The van der Waals surface area contributed by atoms with Gasteiger partial charge in [-0.3, -0.25) is 9.59 Å². The van der Waals surface area contributed by atoms with Gasteiger partial charge >= 0.3 is 0 Å². The lowest BCUT2D eigenvalue weighted by molar-refractivity contribution is -0.130. The maximum absolute atomic E-state index is 11.9. The summed E-state index contributed by atoms with van der Waals surface area (Å²) in [5, 5.41) is 9.32. The number of nitrogens with zero attached hydrogens (tertiary/aromatic N) is 2. The van der Waals surface area contributed by atoms with Gasteiger partial charge in [0.25, 0.3) is 5.91 Å². The molecule has 0 atom stereocenters. The average molecular weight is 282 g/mol. The Hall–Kier alpha value is -1.93. The summed E-state index contributed by atoms with van der Waals surface area (Å²) in [6.45, 7) is 3.10. The van der Waals surface area contributed by atoms with Gasteiger partial charge in [-0.25, -0.2) is 0 Å². The summed E-state index contributed by atoms with van der Waals surface area (Å²) >= 11 is 0. The molecule has 20 heavy (non-hydrogen) atoms. The van der Waals surface area contributed by atoms with Crippen LogP contribution in [0, 0.1) is 0 Å². The molecule has 0 aliphatic carbocycles. The molecule has 2 N–H and O–H groups in total. The highest BCUT2D eigenvalue weighted by molar-refractivity contribution is 5.94. The molecule has 1 aliphatic rings. The summed E-state index contributed by atoms with van der Waals surface area (Å²) in [5.41, 5.74) is 0.144. The van der Waals surface area contributed by atoms with E-state index in [1.54, 1.807) is 4.90 Å². The Labute approximate surface area is 116 Å². The van der Waals surface area contributed by atoms with E-state index in [4.69, 9.17) is 9.26 Å². The summed E-state index contributed by atoms with van der Waals surface area (Å²) < 4.78 is 9.78. The normalized spacial score (nSPS) is 15.2. The van der Waals surface area contributed by atoms with Crippen LogP contribution in [-0.4, -0.2) is 61.7 Å². The van der Waals surface area contributed by atoms with Crippen molar-refractivity contribution in [2.24, 2.45) is 0 Å². The van der Waals surface area contributed by atoms with Crippen molar-refractivity contribution in [1.29, 1.82) is 0 Å². The highest BCUT2D eigenvalue weighted by Crippen LogP contribution is 2.04. The van der Waals surface area contributed by atoms with Gasteiger partial charge in [-0.15, -0.1) is 0 Å². The molecule has 0 unspecified atom stereocenters. The molecule has 1 aliphatic heterocycles. The van der Waals surface area contributed by atoms with Crippen molar-refractivity contribution < 1.29 is 18.8 Å². The summed E-state index contributed by atoms with van der Waals surface area (Å²) in [5.74, 6) is -0.0638. The number of ether oxygens (including phenoxy) is 1. The molecule has 0 aromatic carbocycles. The quantitative estimate of drug-likeness (QED) is 0.718. The number of carbonyl (C=O) groups excluding carboxylic acids is 2. The van der Waals surface area contributed by atoms with Crippen LogP contribution < -0.4 is 10.6 Å². The van der Waals surface area contributed by atoms with Crippen LogP contribution in [0.2, 0.25) is 0 Å². The summed E-state index contributed by atoms with van der Waals surface area (Å²) in [7, 11) is 1.52. The van der Waals surface area contributed by atoms with Gasteiger partial charge in [0.1, 0.15) is 6.61 Å². The molecule has 0 spiro atoms. The van der Waals surface area contributed by atoms with Crippen molar-refractivity contribution in [2.75, 3.05) is 39.8 Å². The molecule has 110 valence electrons. The molecule has 1 aromatic rings. The summed E-state index contributed by atoms with van der Waals surface area (Å²) in [6, 6.07) is 1.49. The Morgan fingerprint density at radius 1 is 1.50 bits per heavy atom. The van der Waals surface area contributed by atoms with E-state index >= 15 is 0 Å². The highest BCUT2D eigenvalue weighted by atomic mass is 16.5. The zero-order valence-electron chi connectivity index (χ0n) is 11.3. The molecule has 0 radical (unpaired) electrons. The van der Waals surface area contributed by atoms with E-state index in [0.717, 1.165) is 13.1 Å². The van der Waals surface area contributed by atoms with Crippen LogP contribution in [0.15, 0.2) is 10.6 Å². The molecular weight excluding hydrogens is 264 g/mol. The van der Waals surface area contributed by atoms with Crippen molar-refractivity contribution in [3.63, 3.8) is 0 Å². The van der Waals surface area contributed by atoms with Gasteiger partial charge in [0.2, 0.25) is 5.91 Å². The molecular formula is C12H18N4O4. The Morgan fingerprint density at radius 3 is 2.95 bits per heavy atom. The van der Waals surface area contributed by atoms with Crippen molar-refractivity contribution in [2.45, 2.75) is 6.61 Å². The maximum atomic E-state index is 11.9. The van der Waals surface area contributed by atoms with Crippen LogP contribution >= 0.6 is 0 Å². The van der Waals surface area contributed by atoms with Gasteiger partial charge in [-0.1, -0.05) is 5.16 Å². The van der Waals surface area contributed by atoms with Gasteiger partial charge in [0, 0.05) is 39.4 Å². The predicted molar refractivity (Wildman–Crippen MR) is 69.0 cm³/mol. The standard InChI is InChI=1S/C12H18N4O4/c1-19-8-9-6-10(15-20-9)12(18)14-7-11(17)16-4-2-13-3-5-16/h6,13H,2-5,7-8H2,1H3,(H,14,18). The van der Waals surface area contributed by atoms with Gasteiger partial charge in [0.15, 0.2) is 11.5 Å². The first-order valence-corrected chi connectivity index (χ1v) is 6.42. The molecule has 1 aromatic heterocycles. The number of hydrogen-bond donors (Lipinski definition) is 2. The van der Waals surface area contributed by atoms with Crippen LogP contribution in [0.1, 0.15) is 16.2 Å². The zero-order chi connectivity index (χ0) is 14.4. The fraction of sp³-hybridized carbons (Fsp3) is 0.583. The van der Waals surface area contributed by atoms with Crippen LogP contribution in [-0.2, 0) is 16.1 Å². The van der Waals surface area contributed by atoms with E-state index in [1.165, 1.54) is 13.2 Å². The number of carbonyl (C=O) groups is 2. The summed E-state index contributed by atoms with van der Waals surface area (Å²) in [6.07, 6.45) is 0. The minimum absolute atomic E-state index is 0.0364. The Balaban J connectivity index is 1.80. The van der Waals surface area contributed by atoms with Crippen LogP contribution in [0.3, 0.4) is 0 Å². The fourth-order valence-electron chi connectivity index (χ4n) is 1.90. The van der Waals surface area contributed by atoms with Crippen LogP contribution in [0.5, 0.6) is 0 Å². The monoisotopic (exact) mass is 282 g/mol. The maximum Gasteiger partial charge on any atom is 0.273 e. The molecule has 2 amide bonds. The van der Waals surface area contributed by atoms with E-state index in [1.807, 2.05) is 0 Å². The highest BCUT2D eigenvalue weighted by Gasteiger charge is 2.18. The molecule has 1 saturated heterocycles. The lowest BCUT2D eigenvalue weighted by Crippen LogP contribution is -2.49. The van der Waals surface area contributed by atoms with Gasteiger partial charge in [-0.2, -0.15) is 0 Å². The lowest BCUT2D eigenvalue weighted by Gasteiger charge is -2.27. The fourth-order valence-corrected chi connectivity index (χ4v) is 1.90. The second kappa shape index (κ2) is 7.01. The van der Waals surface area contributed by atoms with Crippen molar-refractivity contribution in [3.05, 3.63) is 17.5 Å². The minimum Gasteiger partial charge on any atom is -0.377 e. The Bertz CT molecular complexity index is 468. The number of amides is 2. The Kier molecular flexibility index (Phi) is 5.08. The van der Waals surface area contributed by atoms with Gasteiger partial charge in [-0.05, 0) is 0 Å². The third-order valence-electron chi connectivity index (χ3n) is 2.95. The number of rotatable bonds is 5. The molecule has 8 nitrogen and oxygen atoms in total. The van der Waals surface area contributed by atoms with Crippen molar-refractivity contribution in [1.82, 2.24) is 20.7 Å². The van der Waals surface area contributed by atoms with E-state index in [-0.39, 0.29) is 24.8 Å². The largest absolute Gasteiger partial charge is 0.377 e. The molecule has 1 fully saturated rings. The molecule has 8 heteroatoms. The van der Waals surface area contributed by atoms with Crippen molar-refractivity contribution >= 4 is 11.8 Å². The predicted octanol–water partition coefficient (Wildman–Crippen LogP) is -1.02. The second-order valence-electron chi connectivity index (χ2n) is 4.42. The lowest BCUT2D eigenvalue weighted by atomic mass is 10.3. The molecule has 2 rings (SSSR count).